The predicted molar refractivity (Wildman–Crippen MR) is 36.5 cm³/mol. The largest absolute Gasteiger partial charge is 0.493 e. The van der Waals surface area contributed by atoms with Gasteiger partial charge in [0.15, 0.2) is 0 Å². The van der Waals surface area contributed by atoms with Gasteiger partial charge in [-0.2, -0.15) is 5.17 Å². The van der Waals surface area contributed by atoms with Gasteiger partial charge in [0.25, 0.3) is 0 Å². The third-order valence-electron chi connectivity index (χ3n) is 1.48. The molecule has 0 atom stereocenters. The fourth-order valence-electron chi connectivity index (χ4n) is 0.958. The van der Waals surface area contributed by atoms with Crippen molar-refractivity contribution in [3.05, 3.63) is 36.3 Å². The van der Waals surface area contributed by atoms with E-state index >= 15 is 0 Å². The van der Waals surface area contributed by atoms with Crippen LogP contribution in [0.2, 0.25) is 0 Å². The molecule has 58 valence electrons. The van der Waals surface area contributed by atoms with Gasteiger partial charge in [0.2, 0.25) is 5.88 Å². The Morgan fingerprint density at radius 3 is 3.09 bits per heavy atom. The van der Waals surface area contributed by atoms with Crippen LogP contribution < -0.4 is 5.32 Å². The molecule has 2 heterocycles. The zero-order valence-electron chi connectivity index (χ0n) is 5.60. The fraction of sp³-hybridized carbons (Fsp3) is 0. The van der Waals surface area contributed by atoms with Gasteiger partial charge in [0.05, 0.1) is 18.1 Å². The third-order valence-corrected chi connectivity index (χ3v) is 1.48. The normalized spacial score (nSPS) is 20.8. The molecule has 0 aromatic heterocycles. The SMILES string of the molecule is OC1=CN2C(=CN1)C=CN2O. The summed E-state index contributed by atoms with van der Waals surface area (Å²) in [4.78, 5) is 0. The highest BCUT2D eigenvalue weighted by molar-refractivity contribution is 5.26. The molecule has 0 aromatic carbocycles. The minimum Gasteiger partial charge on any atom is -0.493 e. The van der Waals surface area contributed by atoms with Gasteiger partial charge in [0.1, 0.15) is 0 Å². The number of nitrogens with one attached hydrogen (secondary N) is 1. The number of hydrogen-bond donors (Lipinski definition) is 3. The van der Waals surface area contributed by atoms with Crippen molar-refractivity contribution in [1.82, 2.24) is 15.5 Å². The Morgan fingerprint density at radius 1 is 1.45 bits per heavy atom. The molecule has 0 aromatic rings. The first-order valence-corrected chi connectivity index (χ1v) is 3.10. The molecule has 0 saturated heterocycles. The molecule has 0 amide bonds. The van der Waals surface area contributed by atoms with Crippen molar-refractivity contribution in [3.63, 3.8) is 0 Å². The smallest absolute Gasteiger partial charge is 0.207 e. The molecular formula is C6H7N3O2. The van der Waals surface area contributed by atoms with E-state index in [0.29, 0.717) is 0 Å². The Kier molecular flexibility index (Phi) is 1.07. The lowest BCUT2D eigenvalue weighted by Gasteiger charge is -2.24. The fourth-order valence-corrected chi connectivity index (χ4v) is 0.958. The summed E-state index contributed by atoms with van der Waals surface area (Å²) in [6.45, 7) is 0. The Morgan fingerprint density at radius 2 is 2.27 bits per heavy atom. The van der Waals surface area contributed by atoms with Crippen LogP contribution in [0.15, 0.2) is 36.3 Å². The average molecular weight is 153 g/mol. The van der Waals surface area contributed by atoms with E-state index in [9.17, 15) is 0 Å². The minimum atomic E-state index is -0.00324. The van der Waals surface area contributed by atoms with Crippen molar-refractivity contribution in [1.29, 1.82) is 0 Å². The summed E-state index contributed by atoms with van der Waals surface area (Å²) in [6, 6.07) is 0. The number of fused-ring (bicyclic) bond motifs is 1. The molecule has 3 N–H and O–H groups in total. The lowest BCUT2D eigenvalue weighted by atomic mass is 10.4. The zero-order chi connectivity index (χ0) is 7.84. The summed E-state index contributed by atoms with van der Waals surface area (Å²) in [5.41, 5.74) is 0.769. The maximum atomic E-state index is 9.09. The summed E-state index contributed by atoms with van der Waals surface area (Å²) in [5, 5.41) is 22.9. The van der Waals surface area contributed by atoms with E-state index in [-0.39, 0.29) is 5.88 Å². The number of hydroxylamine groups is 1. The van der Waals surface area contributed by atoms with Crippen LogP contribution in [0.1, 0.15) is 0 Å². The second-order valence-electron chi connectivity index (χ2n) is 2.21. The van der Waals surface area contributed by atoms with Gasteiger partial charge in [-0.05, 0) is 6.08 Å². The van der Waals surface area contributed by atoms with E-state index in [1.165, 1.54) is 17.4 Å². The van der Waals surface area contributed by atoms with Crippen LogP contribution in [0, 0.1) is 0 Å². The Labute approximate surface area is 63.1 Å². The first kappa shape index (κ1) is 6.11. The van der Waals surface area contributed by atoms with Crippen LogP contribution in [-0.4, -0.2) is 20.5 Å². The standard InChI is InChI=1S/C6H7N3O2/c10-6-4-8-5(3-7-6)1-2-9(8)11/h1-4,7,10-11H. The number of nitrogens with zero attached hydrogens (tertiary/aromatic N) is 2. The number of hydrazine groups is 1. The summed E-state index contributed by atoms with van der Waals surface area (Å²) >= 11 is 0. The van der Waals surface area contributed by atoms with Crippen molar-refractivity contribution in [2.45, 2.75) is 0 Å². The van der Waals surface area contributed by atoms with Gasteiger partial charge < -0.3 is 10.4 Å². The Bertz CT molecular complexity index is 269. The number of hydrogen-bond acceptors (Lipinski definition) is 5. The van der Waals surface area contributed by atoms with Crippen LogP contribution in [-0.2, 0) is 0 Å². The number of rotatable bonds is 0. The van der Waals surface area contributed by atoms with Crippen molar-refractivity contribution in [2.75, 3.05) is 0 Å². The highest BCUT2D eigenvalue weighted by atomic mass is 16.5. The first-order valence-electron chi connectivity index (χ1n) is 3.10. The van der Waals surface area contributed by atoms with Crippen molar-refractivity contribution < 1.29 is 10.3 Å². The van der Waals surface area contributed by atoms with E-state index in [4.69, 9.17) is 10.3 Å². The molecule has 0 unspecified atom stereocenters. The van der Waals surface area contributed by atoms with Crippen molar-refractivity contribution >= 4 is 0 Å². The molecular weight excluding hydrogens is 146 g/mol. The molecule has 2 aliphatic rings. The lowest BCUT2D eigenvalue weighted by Crippen LogP contribution is -2.31. The van der Waals surface area contributed by atoms with Crippen LogP contribution >= 0.6 is 0 Å². The molecule has 0 bridgehead atoms. The Hall–Kier alpha value is -1.62. The molecule has 5 heteroatoms. The van der Waals surface area contributed by atoms with E-state index in [1.54, 1.807) is 12.3 Å². The van der Waals surface area contributed by atoms with Gasteiger partial charge >= 0.3 is 0 Å². The molecule has 0 saturated carbocycles. The minimum absolute atomic E-state index is 0.00324. The second kappa shape index (κ2) is 1.93. The van der Waals surface area contributed by atoms with Gasteiger partial charge in [0, 0.05) is 6.20 Å². The van der Waals surface area contributed by atoms with E-state index in [2.05, 4.69) is 5.32 Å². The van der Waals surface area contributed by atoms with Crippen LogP contribution in [0.4, 0.5) is 0 Å². The van der Waals surface area contributed by atoms with E-state index in [0.717, 1.165) is 10.9 Å². The number of aliphatic hydroxyl groups is 1. The van der Waals surface area contributed by atoms with Crippen LogP contribution in [0.25, 0.3) is 0 Å². The molecule has 2 rings (SSSR count). The maximum Gasteiger partial charge on any atom is 0.207 e. The summed E-state index contributed by atoms with van der Waals surface area (Å²) in [7, 11) is 0. The molecule has 0 fully saturated rings. The zero-order valence-corrected chi connectivity index (χ0v) is 5.60. The molecule has 11 heavy (non-hydrogen) atoms. The highest BCUT2D eigenvalue weighted by Gasteiger charge is 2.19. The van der Waals surface area contributed by atoms with Gasteiger partial charge in [-0.15, -0.1) is 0 Å². The van der Waals surface area contributed by atoms with Crippen molar-refractivity contribution in [3.8, 4) is 0 Å². The monoisotopic (exact) mass is 153 g/mol. The van der Waals surface area contributed by atoms with Gasteiger partial charge in [-0.3, -0.25) is 5.21 Å². The Balaban J connectivity index is 2.30. The molecule has 0 radical (unpaired) electrons. The van der Waals surface area contributed by atoms with E-state index in [1.807, 2.05) is 0 Å². The lowest BCUT2D eigenvalue weighted by molar-refractivity contribution is -0.157. The molecule has 5 nitrogen and oxygen atoms in total. The third kappa shape index (κ3) is 0.821. The van der Waals surface area contributed by atoms with Crippen LogP contribution in [0.3, 0.4) is 0 Å². The summed E-state index contributed by atoms with van der Waals surface area (Å²) in [5.74, 6) is -0.00324. The predicted octanol–water partition coefficient (Wildman–Crippen LogP) is 0.223. The molecule has 0 spiro atoms. The van der Waals surface area contributed by atoms with Crippen molar-refractivity contribution in [2.24, 2.45) is 0 Å². The molecule has 0 aliphatic carbocycles. The molecule has 2 aliphatic heterocycles. The second-order valence-corrected chi connectivity index (χ2v) is 2.21. The van der Waals surface area contributed by atoms with Gasteiger partial charge in [-0.1, -0.05) is 0 Å². The van der Waals surface area contributed by atoms with Crippen LogP contribution in [0.5, 0.6) is 0 Å². The first-order chi connectivity index (χ1) is 5.27. The summed E-state index contributed by atoms with van der Waals surface area (Å²) < 4.78 is 0. The average Bonchev–Trinajstić information content (AvgIpc) is 2.33. The maximum absolute atomic E-state index is 9.09. The topological polar surface area (TPSA) is 59.0 Å². The van der Waals surface area contributed by atoms with Gasteiger partial charge in [-0.25, -0.2) is 5.01 Å². The summed E-state index contributed by atoms with van der Waals surface area (Å²) in [6.07, 6.45) is 6.13. The highest BCUT2D eigenvalue weighted by Crippen LogP contribution is 2.19. The quantitative estimate of drug-likeness (QED) is 0.465. The number of aliphatic hydroxyl groups excluding tert-OH is 1. The number of allylic oxidation sites excluding steroid dienone is 1. The van der Waals surface area contributed by atoms with E-state index < -0.39 is 0 Å².